The topological polar surface area (TPSA) is 52.6 Å². The molecule has 10 heteroatoms. The summed E-state index contributed by atoms with van der Waals surface area (Å²) >= 11 is 5.15. The van der Waals surface area contributed by atoms with E-state index in [2.05, 4.69) is 5.32 Å². The third-order valence-corrected chi connectivity index (χ3v) is 5.79. The van der Waals surface area contributed by atoms with Crippen LogP contribution in [0.2, 0.25) is 0 Å². The van der Waals surface area contributed by atoms with Gasteiger partial charge in [-0.05, 0) is 31.3 Å². The standard InChI is InChI=1S/C13H16F3N3O2S2/c1-2-17-13(22)18-5-7-19(8-6-18)23(20,21)10-4-3-9(14)11(15)12(10)16/h3-4H,2,5-8H2,1H3,(H,17,22). The van der Waals surface area contributed by atoms with Crippen molar-refractivity contribution in [2.45, 2.75) is 11.8 Å². The van der Waals surface area contributed by atoms with Crippen molar-refractivity contribution >= 4 is 27.4 Å². The minimum atomic E-state index is -4.23. The Labute approximate surface area is 138 Å². The number of thiocarbonyl (C=S) groups is 1. The Balaban J connectivity index is 2.17. The van der Waals surface area contributed by atoms with E-state index in [-0.39, 0.29) is 13.1 Å². The molecule has 0 atom stereocenters. The fourth-order valence-electron chi connectivity index (χ4n) is 2.24. The Morgan fingerprint density at radius 2 is 1.78 bits per heavy atom. The number of sulfonamides is 1. The average molecular weight is 367 g/mol. The first-order valence-electron chi connectivity index (χ1n) is 6.95. The zero-order valence-electron chi connectivity index (χ0n) is 12.4. The highest BCUT2D eigenvalue weighted by molar-refractivity contribution is 7.89. The third-order valence-electron chi connectivity index (χ3n) is 3.47. The molecule has 1 heterocycles. The summed E-state index contributed by atoms with van der Waals surface area (Å²) in [5.41, 5.74) is 0. The van der Waals surface area contributed by atoms with Crippen molar-refractivity contribution < 1.29 is 21.6 Å². The molecule has 23 heavy (non-hydrogen) atoms. The summed E-state index contributed by atoms with van der Waals surface area (Å²) in [6, 6.07) is 1.33. The van der Waals surface area contributed by atoms with E-state index in [0.29, 0.717) is 30.8 Å². The van der Waals surface area contributed by atoms with Gasteiger partial charge in [-0.3, -0.25) is 0 Å². The molecule has 0 spiro atoms. The Morgan fingerprint density at radius 3 is 2.35 bits per heavy atom. The number of halogens is 3. The molecule has 1 aromatic carbocycles. The van der Waals surface area contributed by atoms with Gasteiger partial charge in [0.2, 0.25) is 10.0 Å². The van der Waals surface area contributed by atoms with E-state index in [1.807, 2.05) is 6.92 Å². The van der Waals surface area contributed by atoms with Crippen LogP contribution in [0.3, 0.4) is 0 Å². The summed E-state index contributed by atoms with van der Waals surface area (Å²) in [7, 11) is -4.23. The largest absolute Gasteiger partial charge is 0.363 e. The van der Waals surface area contributed by atoms with Crippen LogP contribution < -0.4 is 5.32 Å². The van der Waals surface area contributed by atoms with Gasteiger partial charge < -0.3 is 10.2 Å². The molecule has 0 aromatic heterocycles. The van der Waals surface area contributed by atoms with Crippen molar-refractivity contribution in [3.8, 4) is 0 Å². The van der Waals surface area contributed by atoms with Crippen molar-refractivity contribution in [1.82, 2.24) is 14.5 Å². The van der Waals surface area contributed by atoms with Crippen LogP contribution in [0, 0.1) is 17.5 Å². The average Bonchev–Trinajstić information content (AvgIpc) is 2.53. The maximum atomic E-state index is 13.8. The quantitative estimate of drug-likeness (QED) is 0.645. The fraction of sp³-hybridized carbons (Fsp3) is 0.462. The van der Waals surface area contributed by atoms with Crippen molar-refractivity contribution in [1.29, 1.82) is 0 Å². The van der Waals surface area contributed by atoms with Gasteiger partial charge in [0.05, 0.1) is 0 Å². The summed E-state index contributed by atoms with van der Waals surface area (Å²) in [6.07, 6.45) is 0. The summed E-state index contributed by atoms with van der Waals surface area (Å²) in [4.78, 5) is 0.936. The predicted molar refractivity (Wildman–Crippen MR) is 82.9 cm³/mol. The first kappa shape index (κ1) is 18.0. The van der Waals surface area contributed by atoms with Crippen LogP contribution in [0.5, 0.6) is 0 Å². The summed E-state index contributed by atoms with van der Waals surface area (Å²) in [5, 5.41) is 3.48. The number of benzene rings is 1. The highest BCUT2D eigenvalue weighted by Gasteiger charge is 2.32. The van der Waals surface area contributed by atoms with Gasteiger partial charge >= 0.3 is 0 Å². The second kappa shape index (κ2) is 7.02. The number of nitrogens with zero attached hydrogens (tertiary/aromatic N) is 2. The van der Waals surface area contributed by atoms with Gasteiger partial charge in [-0.15, -0.1) is 0 Å². The van der Waals surface area contributed by atoms with Gasteiger partial charge in [0.25, 0.3) is 0 Å². The number of piperazine rings is 1. The Morgan fingerprint density at radius 1 is 1.17 bits per heavy atom. The molecule has 0 saturated carbocycles. The Bertz CT molecular complexity index is 705. The smallest absolute Gasteiger partial charge is 0.246 e. The van der Waals surface area contributed by atoms with Crippen molar-refractivity contribution in [3.05, 3.63) is 29.6 Å². The Hall–Kier alpha value is -1.39. The molecule has 1 aromatic rings. The second-order valence-corrected chi connectivity index (χ2v) is 7.19. The monoisotopic (exact) mass is 367 g/mol. The molecular weight excluding hydrogens is 351 g/mol. The van der Waals surface area contributed by atoms with E-state index in [9.17, 15) is 21.6 Å². The molecule has 1 aliphatic heterocycles. The lowest BCUT2D eigenvalue weighted by atomic mass is 10.3. The first-order valence-corrected chi connectivity index (χ1v) is 8.80. The maximum absolute atomic E-state index is 13.8. The first-order chi connectivity index (χ1) is 10.8. The minimum Gasteiger partial charge on any atom is -0.363 e. The molecule has 0 bridgehead atoms. The molecule has 1 saturated heterocycles. The van der Waals surface area contributed by atoms with Gasteiger partial charge in [0.1, 0.15) is 4.90 Å². The van der Waals surface area contributed by atoms with Crippen LogP contribution in [0.4, 0.5) is 13.2 Å². The molecular formula is C13H16F3N3O2S2. The van der Waals surface area contributed by atoms with Gasteiger partial charge in [-0.25, -0.2) is 21.6 Å². The molecule has 0 radical (unpaired) electrons. The van der Waals surface area contributed by atoms with Crippen LogP contribution in [0.1, 0.15) is 6.92 Å². The highest BCUT2D eigenvalue weighted by atomic mass is 32.2. The Kier molecular flexibility index (Phi) is 5.48. The molecule has 1 N–H and O–H groups in total. The predicted octanol–water partition coefficient (Wildman–Crippen LogP) is 1.30. The van der Waals surface area contributed by atoms with E-state index in [0.717, 1.165) is 10.4 Å². The molecule has 5 nitrogen and oxygen atoms in total. The number of rotatable bonds is 3. The van der Waals surface area contributed by atoms with E-state index >= 15 is 0 Å². The van der Waals surface area contributed by atoms with E-state index in [1.165, 1.54) is 0 Å². The highest BCUT2D eigenvalue weighted by Crippen LogP contribution is 2.23. The normalized spacial score (nSPS) is 16.4. The SMILES string of the molecule is CCNC(=S)N1CCN(S(=O)(=O)c2ccc(F)c(F)c2F)CC1. The van der Waals surface area contributed by atoms with E-state index < -0.39 is 32.4 Å². The van der Waals surface area contributed by atoms with Gasteiger partial charge in [-0.2, -0.15) is 4.31 Å². The van der Waals surface area contributed by atoms with Crippen LogP contribution in [-0.4, -0.2) is 55.5 Å². The molecule has 1 aliphatic rings. The van der Waals surface area contributed by atoms with Crippen LogP contribution in [-0.2, 0) is 10.0 Å². The molecule has 0 amide bonds. The lowest BCUT2D eigenvalue weighted by Gasteiger charge is -2.35. The minimum absolute atomic E-state index is 0.0757. The third kappa shape index (κ3) is 3.59. The zero-order chi connectivity index (χ0) is 17.2. The molecule has 2 rings (SSSR count). The van der Waals surface area contributed by atoms with E-state index in [4.69, 9.17) is 12.2 Å². The zero-order valence-corrected chi connectivity index (χ0v) is 14.0. The van der Waals surface area contributed by atoms with Crippen molar-refractivity contribution in [2.24, 2.45) is 0 Å². The summed E-state index contributed by atoms with van der Waals surface area (Å²) in [5.74, 6) is -4.92. The maximum Gasteiger partial charge on any atom is 0.246 e. The van der Waals surface area contributed by atoms with Crippen molar-refractivity contribution in [2.75, 3.05) is 32.7 Å². The number of hydrogen-bond donors (Lipinski definition) is 1. The van der Waals surface area contributed by atoms with Crippen LogP contribution in [0.25, 0.3) is 0 Å². The summed E-state index contributed by atoms with van der Waals surface area (Å²) < 4.78 is 65.8. The fourth-order valence-corrected chi connectivity index (χ4v) is 4.05. The number of nitrogens with one attached hydrogen (secondary N) is 1. The second-order valence-electron chi connectivity index (χ2n) is 4.90. The van der Waals surface area contributed by atoms with Crippen LogP contribution in [0.15, 0.2) is 17.0 Å². The summed E-state index contributed by atoms with van der Waals surface area (Å²) in [6.45, 7) is 3.35. The molecule has 1 fully saturated rings. The van der Waals surface area contributed by atoms with Gasteiger partial charge in [0, 0.05) is 32.7 Å². The van der Waals surface area contributed by atoms with Gasteiger partial charge in [-0.1, -0.05) is 0 Å². The molecule has 0 unspecified atom stereocenters. The molecule has 0 aliphatic carbocycles. The number of hydrogen-bond acceptors (Lipinski definition) is 3. The van der Waals surface area contributed by atoms with Crippen molar-refractivity contribution in [3.63, 3.8) is 0 Å². The van der Waals surface area contributed by atoms with E-state index in [1.54, 1.807) is 4.90 Å². The lowest BCUT2D eigenvalue weighted by Crippen LogP contribution is -2.53. The molecule has 128 valence electrons. The van der Waals surface area contributed by atoms with Crippen LogP contribution >= 0.6 is 12.2 Å². The lowest BCUT2D eigenvalue weighted by molar-refractivity contribution is 0.263. The van der Waals surface area contributed by atoms with Gasteiger partial charge in [0.15, 0.2) is 22.6 Å².